The topological polar surface area (TPSA) is 58.6 Å². The lowest BCUT2D eigenvalue weighted by Crippen LogP contribution is -2.12. The van der Waals surface area contributed by atoms with Crippen molar-refractivity contribution in [2.75, 3.05) is 5.75 Å². The minimum Gasteiger partial charge on any atom is -0.409 e. The first kappa shape index (κ1) is 14.2. The van der Waals surface area contributed by atoms with Crippen LogP contribution in [-0.4, -0.2) is 16.8 Å². The molecular weight excluding hydrogens is 256 g/mol. The summed E-state index contributed by atoms with van der Waals surface area (Å²) in [5.74, 6) is 2.13. The van der Waals surface area contributed by atoms with Crippen LogP contribution in [0.4, 0.5) is 0 Å². The van der Waals surface area contributed by atoms with Crippen LogP contribution in [0.5, 0.6) is 0 Å². The largest absolute Gasteiger partial charge is 0.409 e. The molecule has 0 aliphatic carbocycles. The first-order chi connectivity index (χ1) is 8.19. The lowest BCUT2D eigenvalue weighted by atomic mass is 10.1. The van der Waals surface area contributed by atoms with Crippen LogP contribution in [0.2, 0.25) is 5.02 Å². The summed E-state index contributed by atoms with van der Waals surface area (Å²) >= 11 is 8.01. The maximum absolute atomic E-state index is 8.56. The molecule has 1 aromatic carbocycles. The Bertz CT molecular complexity index is 396. The molecule has 1 aromatic rings. The Morgan fingerprint density at radius 2 is 2.29 bits per heavy atom. The number of oxime groups is 1. The normalized spacial score (nSPS) is 11.8. The molecule has 0 saturated carbocycles. The predicted molar refractivity (Wildman–Crippen MR) is 75.0 cm³/mol. The standard InChI is InChI=1S/C12H17ClN2OS/c1-2-3-6-17-8-10-5-4-9(7-11(10)13)12(14)15-16/h4-5,7,16H,2-3,6,8H2,1H3,(H2,14,15). The second kappa shape index (κ2) is 7.45. The number of nitrogens with zero attached hydrogens (tertiary/aromatic N) is 1. The zero-order valence-corrected chi connectivity index (χ0v) is 11.4. The van der Waals surface area contributed by atoms with Crippen molar-refractivity contribution in [3.05, 3.63) is 34.3 Å². The van der Waals surface area contributed by atoms with E-state index in [-0.39, 0.29) is 5.84 Å². The average Bonchev–Trinajstić information content (AvgIpc) is 2.35. The number of unbranched alkanes of at least 4 members (excludes halogenated alkanes) is 1. The average molecular weight is 273 g/mol. The van der Waals surface area contributed by atoms with Crippen LogP contribution in [0.1, 0.15) is 30.9 Å². The van der Waals surface area contributed by atoms with Crippen LogP contribution in [0.25, 0.3) is 0 Å². The van der Waals surface area contributed by atoms with E-state index in [1.165, 1.54) is 12.8 Å². The van der Waals surface area contributed by atoms with E-state index < -0.39 is 0 Å². The second-order valence-electron chi connectivity index (χ2n) is 3.70. The van der Waals surface area contributed by atoms with Gasteiger partial charge in [-0.25, -0.2) is 0 Å². The van der Waals surface area contributed by atoms with Gasteiger partial charge in [0, 0.05) is 16.3 Å². The molecule has 17 heavy (non-hydrogen) atoms. The smallest absolute Gasteiger partial charge is 0.170 e. The van der Waals surface area contributed by atoms with Crippen molar-refractivity contribution in [3.63, 3.8) is 0 Å². The summed E-state index contributed by atoms with van der Waals surface area (Å²) in [6.45, 7) is 2.18. The minimum atomic E-state index is 0.0806. The van der Waals surface area contributed by atoms with Gasteiger partial charge in [0.15, 0.2) is 5.84 Å². The molecule has 0 unspecified atom stereocenters. The number of amidine groups is 1. The summed E-state index contributed by atoms with van der Waals surface area (Å²) in [6.07, 6.45) is 2.44. The summed E-state index contributed by atoms with van der Waals surface area (Å²) in [6, 6.07) is 5.47. The molecule has 0 spiro atoms. The molecular formula is C12H17ClN2OS. The Morgan fingerprint density at radius 1 is 1.53 bits per heavy atom. The van der Waals surface area contributed by atoms with Gasteiger partial charge in [0.2, 0.25) is 0 Å². The lowest BCUT2D eigenvalue weighted by molar-refractivity contribution is 0.318. The van der Waals surface area contributed by atoms with Crippen molar-refractivity contribution in [1.82, 2.24) is 0 Å². The molecule has 0 aliphatic rings. The zero-order chi connectivity index (χ0) is 12.7. The lowest BCUT2D eigenvalue weighted by Gasteiger charge is -2.06. The first-order valence-corrected chi connectivity index (χ1v) is 7.06. The molecule has 5 heteroatoms. The van der Waals surface area contributed by atoms with E-state index in [9.17, 15) is 0 Å². The summed E-state index contributed by atoms with van der Waals surface area (Å²) in [4.78, 5) is 0. The molecule has 3 nitrogen and oxygen atoms in total. The molecule has 0 saturated heterocycles. The van der Waals surface area contributed by atoms with Crippen molar-refractivity contribution < 1.29 is 5.21 Å². The van der Waals surface area contributed by atoms with E-state index in [2.05, 4.69) is 12.1 Å². The number of thioether (sulfide) groups is 1. The molecule has 3 N–H and O–H groups in total. The SMILES string of the molecule is CCCCSCc1ccc(/C(N)=N/O)cc1Cl. The molecule has 94 valence electrons. The fourth-order valence-corrected chi connectivity index (χ4v) is 2.75. The molecule has 0 atom stereocenters. The molecule has 0 heterocycles. The maximum Gasteiger partial charge on any atom is 0.170 e. The number of halogens is 1. The molecule has 0 aliphatic heterocycles. The number of hydrogen-bond donors (Lipinski definition) is 2. The van der Waals surface area contributed by atoms with Gasteiger partial charge in [-0.3, -0.25) is 0 Å². The summed E-state index contributed by atoms with van der Waals surface area (Å²) in [7, 11) is 0. The van der Waals surface area contributed by atoms with Gasteiger partial charge in [0.1, 0.15) is 0 Å². The first-order valence-electron chi connectivity index (χ1n) is 5.53. The number of hydrogen-bond acceptors (Lipinski definition) is 3. The highest BCUT2D eigenvalue weighted by molar-refractivity contribution is 7.98. The highest BCUT2D eigenvalue weighted by Gasteiger charge is 2.05. The van der Waals surface area contributed by atoms with Gasteiger partial charge in [0.25, 0.3) is 0 Å². The molecule has 0 aromatic heterocycles. The van der Waals surface area contributed by atoms with Gasteiger partial charge in [-0.15, -0.1) is 0 Å². The van der Waals surface area contributed by atoms with Crippen molar-refractivity contribution in [1.29, 1.82) is 0 Å². The van der Waals surface area contributed by atoms with E-state index in [1.54, 1.807) is 6.07 Å². The predicted octanol–water partition coefficient (Wildman–Crippen LogP) is 3.47. The quantitative estimate of drug-likeness (QED) is 0.274. The van der Waals surface area contributed by atoms with Gasteiger partial charge in [-0.2, -0.15) is 11.8 Å². The van der Waals surface area contributed by atoms with Crippen molar-refractivity contribution in [2.45, 2.75) is 25.5 Å². The Balaban J connectivity index is 2.63. The van der Waals surface area contributed by atoms with Gasteiger partial charge >= 0.3 is 0 Å². The Morgan fingerprint density at radius 3 is 2.88 bits per heavy atom. The minimum absolute atomic E-state index is 0.0806. The van der Waals surface area contributed by atoms with Crippen molar-refractivity contribution in [3.8, 4) is 0 Å². The summed E-state index contributed by atoms with van der Waals surface area (Å²) in [5, 5.41) is 12.2. The van der Waals surface area contributed by atoms with Gasteiger partial charge in [0.05, 0.1) is 0 Å². The van der Waals surface area contributed by atoms with Crippen LogP contribution in [-0.2, 0) is 5.75 Å². The molecule has 0 radical (unpaired) electrons. The monoisotopic (exact) mass is 272 g/mol. The van der Waals surface area contributed by atoms with Gasteiger partial charge in [-0.05, 0) is 23.8 Å². The van der Waals surface area contributed by atoms with E-state index >= 15 is 0 Å². The Labute approximate surface area is 111 Å². The Kier molecular flexibility index (Phi) is 6.22. The van der Waals surface area contributed by atoms with Gasteiger partial charge < -0.3 is 10.9 Å². The third-order valence-electron chi connectivity index (χ3n) is 2.36. The van der Waals surface area contributed by atoms with Crippen LogP contribution < -0.4 is 5.73 Å². The highest BCUT2D eigenvalue weighted by atomic mass is 35.5. The number of nitrogens with two attached hydrogens (primary N) is 1. The van der Waals surface area contributed by atoms with Crippen molar-refractivity contribution in [2.24, 2.45) is 10.9 Å². The Hall–Kier alpha value is -0.870. The second-order valence-corrected chi connectivity index (χ2v) is 5.21. The number of rotatable bonds is 6. The van der Waals surface area contributed by atoms with Gasteiger partial charge in [-0.1, -0.05) is 42.2 Å². The molecule has 0 fully saturated rings. The van der Waals surface area contributed by atoms with Crippen LogP contribution in [0.15, 0.2) is 23.4 Å². The molecule has 0 bridgehead atoms. The zero-order valence-electron chi connectivity index (χ0n) is 9.82. The fourth-order valence-electron chi connectivity index (χ4n) is 1.31. The maximum atomic E-state index is 8.56. The van der Waals surface area contributed by atoms with E-state index in [1.807, 2.05) is 23.9 Å². The van der Waals surface area contributed by atoms with Crippen LogP contribution in [0.3, 0.4) is 0 Å². The number of benzene rings is 1. The fraction of sp³-hybridized carbons (Fsp3) is 0.417. The summed E-state index contributed by atoms with van der Waals surface area (Å²) in [5.41, 5.74) is 7.21. The highest BCUT2D eigenvalue weighted by Crippen LogP contribution is 2.23. The van der Waals surface area contributed by atoms with E-state index in [4.69, 9.17) is 22.5 Å². The van der Waals surface area contributed by atoms with E-state index in [0.29, 0.717) is 10.6 Å². The third kappa shape index (κ3) is 4.48. The molecule has 1 rings (SSSR count). The van der Waals surface area contributed by atoms with E-state index in [0.717, 1.165) is 17.1 Å². The third-order valence-corrected chi connectivity index (χ3v) is 3.80. The van der Waals surface area contributed by atoms with Crippen molar-refractivity contribution >= 4 is 29.2 Å². The molecule has 0 amide bonds. The van der Waals surface area contributed by atoms with Crippen LogP contribution >= 0.6 is 23.4 Å². The van der Waals surface area contributed by atoms with Crippen LogP contribution in [0, 0.1) is 0 Å². The summed E-state index contributed by atoms with van der Waals surface area (Å²) < 4.78 is 0.